The number of ketones is 1. The fraction of sp³-hybridized carbons (Fsp3) is 0.364. The minimum Gasteiger partial charge on any atom is -0.493 e. The number of ether oxygens (including phenoxy) is 3. The van der Waals surface area contributed by atoms with E-state index < -0.39 is 0 Å². The molecule has 0 radical (unpaired) electrons. The van der Waals surface area contributed by atoms with E-state index in [1.54, 1.807) is 32.4 Å². The van der Waals surface area contributed by atoms with Gasteiger partial charge in [-0.05, 0) is 19.1 Å². The summed E-state index contributed by atoms with van der Waals surface area (Å²) in [4.78, 5) is 10.7. The van der Waals surface area contributed by atoms with Gasteiger partial charge in [0.05, 0.1) is 14.2 Å². The van der Waals surface area contributed by atoms with Crippen molar-refractivity contribution < 1.29 is 19.0 Å². The van der Waals surface area contributed by atoms with E-state index in [9.17, 15) is 4.79 Å². The molecule has 15 heavy (non-hydrogen) atoms. The van der Waals surface area contributed by atoms with Gasteiger partial charge in [-0.25, -0.2) is 0 Å². The Morgan fingerprint density at radius 1 is 1.20 bits per heavy atom. The Morgan fingerprint density at radius 2 is 1.87 bits per heavy atom. The number of carbonyl (C=O) groups is 1. The molecular formula is C11H14O4. The van der Waals surface area contributed by atoms with Crippen LogP contribution >= 0.6 is 0 Å². The van der Waals surface area contributed by atoms with Gasteiger partial charge in [0, 0.05) is 6.07 Å². The lowest BCUT2D eigenvalue weighted by Crippen LogP contribution is -2.06. The van der Waals surface area contributed by atoms with Gasteiger partial charge in [0.2, 0.25) is 0 Å². The number of benzene rings is 1. The van der Waals surface area contributed by atoms with Crippen molar-refractivity contribution in [1.82, 2.24) is 0 Å². The van der Waals surface area contributed by atoms with Gasteiger partial charge in [0.25, 0.3) is 0 Å². The molecular weight excluding hydrogens is 196 g/mol. The van der Waals surface area contributed by atoms with Gasteiger partial charge < -0.3 is 14.2 Å². The zero-order chi connectivity index (χ0) is 11.3. The largest absolute Gasteiger partial charge is 0.493 e. The molecule has 0 bridgehead atoms. The molecule has 0 aliphatic carbocycles. The first-order chi connectivity index (χ1) is 7.17. The zero-order valence-corrected chi connectivity index (χ0v) is 9.07. The summed E-state index contributed by atoms with van der Waals surface area (Å²) in [6.07, 6.45) is 0. The predicted octanol–water partition coefficient (Wildman–Crippen LogP) is 1.67. The van der Waals surface area contributed by atoms with Gasteiger partial charge in [0.1, 0.15) is 12.4 Å². The van der Waals surface area contributed by atoms with E-state index >= 15 is 0 Å². The van der Waals surface area contributed by atoms with Crippen LogP contribution in [0.4, 0.5) is 0 Å². The van der Waals surface area contributed by atoms with Crippen LogP contribution in [0.5, 0.6) is 17.2 Å². The van der Waals surface area contributed by atoms with Crippen LogP contribution in [0.25, 0.3) is 0 Å². The Labute approximate surface area is 88.8 Å². The van der Waals surface area contributed by atoms with Gasteiger partial charge in [-0.3, -0.25) is 4.79 Å². The molecule has 0 saturated heterocycles. The molecule has 0 amide bonds. The van der Waals surface area contributed by atoms with Crippen molar-refractivity contribution in [2.75, 3.05) is 20.8 Å². The molecule has 1 aromatic carbocycles. The van der Waals surface area contributed by atoms with Crippen molar-refractivity contribution in [3.8, 4) is 17.2 Å². The summed E-state index contributed by atoms with van der Waals surface area (Å²) >= 11 is 0. The molecule has 0 spiro atoms. The second-order valence-electron chi connectivity index (χ2n) is 3.01. The van der Waals surface area contributed by atoms with Crippen molar-refractivity contribution >= 4 is 5.78 Å². The molecule has 0 aliphatic rings. The Hall–Kier alpha value is -1.71. The van der Waals surface area contributed by atoms with Crippen molar-refractivity contribution in [3.05, 3.63) is 18.2 Å². The molecule has 0 aliphatic heterocycles. The first kappa shape index (κ1) is 11.4. The summed E-state index contributed by atoms with van der Waals surface area (Å²) in [5.74, 6) is 1.78. The van der Waals surface area contributed by atoms with Gasteiger partial charge >= 0.3 is 0 Å². The average molecular weight is 210 g/mol. The summed E-state index contributed by atoms with van der Waals surface area (Å²) < 4.78 is 15.4. The van der Waals surface area contributed by atoms with Gasteiger partial charge in [-0.2, -0.15) is 0 Å². The van der Waals surface area contributed by atoms with Gasteiger partial charge in [-0.1, -0.05) is 0 Å². The van der Waals surface area contributed by atoms with Crippen LogP contribution in [-0.4, -0.2) is 26.6 Å². The van der Waals surface area contributed by atoms with Crippen LogP contribution in [0.15, 0.2) is 18.2 Å². The monoisotopic (exact) mass is 210 g/mol. The van der Waals surface area contributed by atoms with Crippen LogP contribution in [0.2, 0.25) is 0 Å². The third kappa shape index (κ3) is 3.16. The smallest absolute Gasteiger partial charge is 0.167 e. The number of rotatable bonds is 5. The molecule has 1 aromatic rings. The lowest BCUT2D eigenvalue weighted by molar-refractivity contribution is -0.118. The quantitative estimate of drug-likeness (QED) is 0.741. The molecule has 0 saturated carbocycles. The fourth-order valence-electron chi connectivity index (χ4n) is 1.09. The van der Waals surface area contributed by atoms with Crippen molar-refractivity contribution in [3.63, 3.8) is 0 Å². The van der Waals surface area contributed by atoms with Crippen LogP contribution in [-0.2, 0) is 4.79 Å². The van der Waals surface area contributed by atoms with Crippen molar-refractivity contribution in [2.24, 2.45) is 0 Å². The number of Topliss-reactive ketones (excluding diaryl/α,β-unsaturated/α-hetero) is 1. The second kappa shape index (κ2) is 5.24. The van der Waals surface area contributed by atoms with Gasteiger partial charge in [-0.15, -0.1) is 0 Å². The minimum absolute atomic E-state index is 0.0233. The maximum Gasteiger partial charge on any atom is 0.167 e. The van der Waals surface area contributed by atoms with E-state index in [2.05, 4.69) is 0 Å². The normalized spacial score (nSPS) is 9.53. The summed E-state index contributed by atoms with van der Waals surface area (Å²) in [5, 5.41) is 0. The van der Waals surface area contributed by atoms with Crippen LogP contribution in [0, 0.1) is 0 Å². The molecule has 4 nitrogen and oxygen atoms in total. The lowest BCUT2D eigenvalue weighted by atomic mass is 10.3. The molecule has 0 fully saturated rings. The van der Waals surface area contributed by atoms with Crippen molar-refractivity contribution in [1.29, 1.82) is 0 Å². The molecule has 4 heteroatoms. The standard InChI is InChI=1S/C11H14O4/c1-8(12)7-15-9-4-5-10(13-2)11(6-9)14-3/h4-6H,7H2,1-3H3. The van der Waals surface area contributed by atoms with Crippen molar-refractivity contribution in [2.45, 2.75) is 6.92 Å². The molecule has 0 aromatic heterocycles. The SMILES string of the molecule is COc1ccc(OCC(C)=O)cc1OC. The minimum atomic E-state index is -0.0233. The van der Waals surface area contributed by atoms with Gasteiger partial charge in [0.15, 0.2) is 17.3 Å². The number of hydrogen-bond donors (Lipinski definition) is 0. The van der Waals surface area contributed by atoms with E-state index in [-0.39, 0.29) is 12.4 Å². The second-order valence-corrected chi connectivity index (χ2v) is 3.01. The Morgan fingerprint density at radius 3 is 2.40 bits per heavy atom. The third-order valence-electron chi connectivity index (χ3n) is 1.80. The molecule has 0 atom stereocenters. The first-order valence-corrected chi connectivity index (χ1v) is 4.51. The maximum atomic E-state index is 10.7. The first-order valence-electron chi connectivity index (χ1n) is 4.51. The Kier molecular flexibility index (Phi) is 3.97. The highest BCUT2D eigenvalue weighted by Crippen LogP contribution is 2.30. The molecule has 0 N–H and O–H groups in total. The Balaban J connectivity index is 2.78. The lowest BCUT2D eigenvalue weighted by Gasteiger charge is -2.09. The number of methoxy groups -OCH3 is 2. The van der Waals surface area contributed by atoms with E-state index in [0.29, 0.717) is 17.2 Å². The fourth-order valence-corrected chi connectivity index (χ4v) is 1.09. The summed E-state index contributed by atoms with van der Waals surface area (Å²) in [7, 11) is 3.11. The summed E-state index contributed by atoms with van der Waals surface area (Å²) in [6, 6.07) is 5.14. The number of hydrogen-bond acceptors (Lipinski definition) is 4. The van der Waals surface area contributed by atoms with Crippen LogP contribution in [0.1, 0.15) is 6.92 Å². The van der Waals surface area contributed by atoms with Crippen LogP contribution < -0.4 is 14.2 Å². The third-order valence-corrected chi connectivity index (χ3v) is 1.80. The topological polar surface area (TPSA) is 44.8 Å². The zero-order valence-electron chi connectivity index (χ0n) is 9.07. The highest BCUT2D eigenvalue weighted by molar-refractivity contribution is 5.77. The number of carbonyl (C=O) groups excluding carboxylic acids is 1. The predicted molar refractivity (Wildman–Crippen MR) is 55.7 cm³/mol. The van der Waals surface area contributed by atoms with E-state index in [4.69, 9.17) is 14.2 Å². The maximum absolute atomic E-state index is 10.7. The van der Waals surface area contributed by atoms with E-state index in [1.807, 2.05) is 0 Å². The summed E-state index contributed by atoms with van der Waals surface area (Å²) in [6.45, 7) is 1.54. The van der Waals surface area contributed by atoms with E-state index in [1.165, 1.54) is 6.92 Å². The Bertz CT molecular complexity index is 346. The van der Waals surface area contributed by atoms with Crippen LogP contribution in [0.3, 0.4) is 0 Å². The average Bonchev–Trinajstić information content (AvgIpc) is 2.25. The molecule has 1 rings (SSSR count). The summed E-state index contributed by atoms with van der Waals surface area (Å²) in [5.41, 5.74) is 0. The van der Waals surface area contributed by atoms with E-state index in [0.717, 1.165) is 0 Å². The molecule has 0 unspecified atom stereocenters. The highest BCUT2D eigenvalue weighted by atomic mass is 16.5. The molecule has 0 heterocycles. The molecule has 82 valence electrons. The highest BCUT2D eigenvalue weighted by Gasteiger charge is 2.05.